The van der Waals surface area contributed by atoms with Crippen molar-refractivity contribution in [1.82, 2.24) is 20.3 Å². The molecule has 3 aromatic carbocycles. The average molecular weight is 550 g/mol. The summed E-state index contributed by atoms with van der Waals surface area (Å²) < 4.78 is 1.69. The number of aromatic nitrogens is 2. The number of amides is 1. The normalized spacial score (nSPS) is 15.0. The summed E-state index contributed by atoms with van der Waals surface area (Å²) in [4.78, 5) is 32.2. The fourth-order valence-electron chi connectivity index (χ4n) is 6.16. The van der Waals surface area contributed by atoms with E-state index >= 15 is 0 Å². The topological polar surface area (TPSA) is 88.1 Å². The Bertz CT molecular complexity index is 1610. The molecule has 0 unspecified atom stereocenters. The van der Waals surface area contributed by atoms with E-state index in [1.165, 1.54) is 12.0 Å². The SMILES string of the molecule is O=C(NC(=S)NNc1nc2c(c(=O)n1Cc1ccccc1)C1(CCCCC1)Cc1ccccc1-2)c1ccccc1. The first kappa shape index (κ1) is 26.0. The van der Waals surface area contributed by atoms with Crippen molar-refractivity contribution in [3.63, 3.8) is 0 Å². The monoisotopic (exact) mass is 549 g/mol. The standard InChI is InChI=1S/C32H31N5O2S/c38-28(23-14-6-2-7-15-23)34-31(40)36-35-30-33-27-25-17-9-8-16-24(25)20-32(18-10-3-11-19-32)26(27)29(39)37(30)21-22-12-4-1-5-13-22/h1-2,4-9,12-17H,3,10-11,18-21H2,(H,33,35)(H2,34,36,38,40). The van der Waals surface area contributed by atoms with Gasteiger partial charge in [-0.05, 0) is 54.7 Å². The fourth-order valence-corrected chi connectivity index (χ4v) is 6.30. The van der Waals surface area contributed by atoms with Gasteiger partial charge >= 0.3 is 0 Å². The molecule has 0 bridgehead atoms. The van der Waals surface area contributed by atoms with Gasteiger partial charge in [0.15, 0.2) is 5.11 Å². The van der Waals surface area contributed by atoms with Crippen LogP contribution in [0, 0.1) is 0 Å². The van der Waals surface area contributed by atoms with Crippen LogP contribution in [-0.2, 0) is 18.4 Å². The molecular weight excluding hydrogens is 518 g/mol. The van der Waals surface area contributed by atoms with Gasteiger partial charge in [-0.15, -0.1) is 0 Å². The number of fused-ring (bicyclic) bond motifs is 4. The molecule has 3 N–H and O–H groups in total. The molecule has 0 saturated heterocycles. The van der Waals surface area contributed by atoms with E-state index in [1.807, 2.05) is 42.5 Å². The number of hydrogen-bond acceptors (Lipinski definition) is 5. The summed E-state index contributed by atoms with van der Waals surface area (Å²) in [7, 11) is 0. The van der Waals surface area contributed by atoms with E-state index < -0.39 is 0 Å². The Morgan fingerprint density at radius 3 is 2.33 bits per heavy atom. The molecule has 0 aliphatic heterocycles. The van der Waals surface area contributed by atoms with Gasteiger partial charge in [0, 0.05) is 16.5 Å². The second kappa shape index (κ2) is 11.1. The third kappa shape index (κ3) is 5.02. The van der Waals surface area contributed by atoms with Gasteiger partial charge in [-0.25, -0.2) is 4.98 Å². The van der Waals surface area contributed by atoms with Gasteiger partial charge in [0.1, 0.15) is 0 Å². The van der Waals surface area contributed by atoms with E-state index in [0.29, 0.717) is 18.1 Å². The number of carbonyl (C=O) groups is 1. The van der Waals surface area contributed by atoms with Gasteiger partial charge in [-0.3, -0.25) is 30.3 Å². The van der Waals surface area contributed by atoms with Gasteiger partial charge in [0.2, 0.25) is 5.95 Å². The van der Waals surface area contributed by atoms with E-state index in [1.54, 1.807) is 28.8 Å². The minimum Gasteiger partial charge on any atom is -0.298 e. The molecule has 1 amide bonds. The first-order valence-electron chi connectivity index (χ1n) is 13.7. The Morgan fingerprint density at radius 1 is 0.900 bits per heavy atom. The van der Waals surface area contributed by atoms with Gasteiger partial charge in [0.05, 0.1) is 17.8 Å². The highest BCUT2D eigenvalue weighted by Crippen LogP contribution is 2.48. The van der Waals surface area contributed by atoms with Crippen molar-refractivity contribution in [1.29, 1.82) is 0 Å². The Labute approximate surface area is 238 Å². The maximum absolute atomic E-state index is 14.5. The first-order chi connectivity index (χ1) is 19.5. The molecule has 4 aromatic rings. The summed E-state index contributed by atoms with van der Waals surface area (Å²) in [5.41, 5.74) is 11.0. The van der Waals surface area contributed by atoms with Gasteiger partial charge < -0.3 is 0 Å². The molecule has 1 spiro atoms. The molecule has 8 heteroatoms. The van der Waals surface area contributed by atoms with Gasteiger partial charge in [-0.2, -0.15) is 0 Å². The first-order valence-corrected chi connectivity index (χ1v) is 14.1. The molecule has 40 heavy (non-hydrogen) atoms. The molecule has 1 heterocycles. The van der Waals surface area contributed by atoms with Crippen LogP contribution in [0.3, 0.4) is 0 Å². The summed E-state index contributed by atoms with van der Waals surface area (Å²) in [5, 5.41) is 2.76. The van der Waals surface area contributed by atoms with Gasteiger partial charge in [0.25, 0.3) is 11.5 Å². The third-order valence-electron chi connectivity index (χ3n) is 8.05. The van der Waals surface area contributed by atoms with Crippen LogP contribution in [0.1, 0.15) is 59.2 Å². The summed E-state index contributed by atoms with van der Waals surface area (Å²) >= 11 is 5.40. The molecule has 2 aliphatic carbocycles. The maximum atomic E-state index is 14.5. The molecule has 202 valence electrons. The summed E-state index contributed by atoms with van der Waals surface area (Å²) in [6.07, 6.45) is 6.24. The quantitative estimate of drug-likeness (QED) is 0.230. The zero-order valence-electron chi connectivity index (χ0n) is 22.2. The zero-order valence-corrected chi connectivity index (χ0v) is 23.0. The number of thiocarbonyl (C=S) groups is 1. The number of nitrogens with zero attached hydrogens (tertiary/aromatic N) is 2. The largest absolute Gasteiger partial charge is 0.298 e. The highest BCUT2D eigenvalue weighted by Gasteiger charge is 2.43. The smallest absolute Gasteiger partial charge is 0.259 e. The van der Waals surface area contributed by atoms with Crippen molar-refractivity contribution in [2.75, 3.05) is 5.43 Å². The summed E-state index contributed by atoms with van der Waals surface area (Å²) in [6, 6.07) is 27.0. The fraction of sp³-hybridized carbons (Fsp3) is 0.250. The third-order valence-corrected chi connectivity index (χ3v) is 8.25. The Hall–Kier alpha value is -4.30. The predicted molar refractivity (Wildman–Crippen MR) is 161 cm³/mol. The molecule has 1 fully saturated rings. The molecule has 1 aromatic heterocycles. The van der Waals surface area contributed by atoms with Crippen molar-refractivity contribution < 1.29 is 4.79 Å². The summed E-state index contributed by atoms with van der Waals surface area (Å²) in [5.74, 6) is 0.0136. The lowest BCUT2D eigenvalue weighted by Crippen LogP contribution is -2.46. The van der Waals surface area contributed by atoms with Gasteiger partial charge in [-0.1, -0.05) is 92.1 Å². The number of nitrogens with one attached hydrogen (secondary N) is 3. The van der Waals surface area contributed by atoms with Crippen molar-refractivity contribution in [2.24, 2.45) is 0 Å². The van der Waals surface area contributed by atoms with Crippen molar-refractivity contribution in [3.8, 4) is 11.3 Å². The van der Waals surface area contributed by atoms with Crippen LogP contribution in [0.5, 0.6) is 0 Å². The lowest BCUT2D eigenvalue weighted by atomic mass is 9.62. The number of hydrazine groups is 1. The van der Waals surface area contributed by atoms with Crippen LogP contribution >= 0.6 is 12.2 Å². The average Bonchev–Trinajstić information content (AvgIpc) is 2.99. The van der Waals surface area contributed by atoms with E-state index in [9.17, 15) is 9.59 Å². The van der Waals surface area contributed by atoms with Crippen LogP contribution in [0.15, 0.2) is 89.7 Å². The molecule has 0 radical (unpaired) electrons. The van der Waals surface area contributed by atoms with E-state index in [0.717, 1.165) is 54.5 Å². The molecule has 2 aliphatic rings. The lowest BCUT2D eigenvalue weighted by molar-refractivity contribution is 0.0977. The minimum absolute atomic E-state index is 0.0335. The van der Waals surface area contributed by atoms with Crippen LogP contribution < -0.4 is 21.7 Å². The molecular formula is C32H31N5O2S. The number of rotatable bonds is 5. The van der Waals surface area contributed by atoms with Crippen LogP contribution in [0.25, 0.3) is 11.3 Å². The van der Waals surface area contributed by atoms with E-state index in [4.69, 9.17) is 17.2 Å². The maximum Gasteiger partial charge on any atom is 0.259 e. The highest BCUT2D eigenvalue weighted by molar-refractivity contribution is 7.80. The number of carbonyl (C=O) groups excluding carboxylic acids is 1. The highest BCUT2D eigenvalue weighted by atomic mass is 32.1. The zero-order chi connectivity index (χ0) is 27.5. The number of anilines is 1. The van der Waals surface area contributed by atoms with Crippen LogP contribution in [-0.4, -0.2) is 20.6 Å². The predicted octanol–water partition coefficient (Wildman–Crippen LogP) is 5.35. The summed E-state index contributed by atoms with van der Waals surface area (Å²) in [6.45, 7) is 0.352. The second-order valence-corrected chi connectivity index (χ2v) is 11.0. The second-order valence-electron chi connectivity index (χ2n) is 10.6. The number of benzene rings is 3. The number of hydrogen-bond donors (Lipinski definition) is 3. The van der Waals surface area contributed by atoms with Crippen molar-refractivity contribution >= 4 is 29.2 Å². The molecule has 6 rings (SSSR count). The van der Waals surface area contributed by atoms with E-state index in [2.05, 4.69) is 34.4 Å². The Morgan fingerprint density at radius 2 is 1.57 bits per heavy atom. The van der Waals surface area contributed by atoms with Crippen molar-refractivity contribution in [3.05, 3.63) is 118 Å². The Kier molecular flexibility index (Phi) is 7.17. The van der Waals surface area contributed by atoms with Crippen LogP contribution in [0.2, 0.25) is 0 Å². The lowest BCUT2D eigenvalue weighted by Gasteiger charge is -2.42. The van der Waals surface area contributed by atoms with Crippen LogP contribution in [0.4, 0.5) is 5.95 Å². The molecule has 7 nitrogen and oxygen atoms in total. The van der Waals surface area contributed by atoms with E-state index in [-0.39, 0.29) is 22.0 Å². The Balaban J connectivity index is 1.40. The molecule has 1 saturated carbocycles. The van der Waals surface area contributed by atoms with Crippen molar-refractivity contribution in [2.45, 2.75) is 50.5 Å². The molecule has 0 atom stereocenters. The minimum atomic E-state index is -0.326.